The smallest absolute Gasteiger partial charge is 0.263 e. The van der Waals surface area contributed by atoms with Crippen molar-refractivity contribution in [3.8, 4) is 0 Å². The van der Waals surface area contributed by atoms with Gasteiger partial charge in [-0.15, -0.1) is 0 Å². The zero-order valence-electron chi connectivity index (χ0n) is 13.6. The van der Waals surface area contributed by atoms with Crippen LogP contribution in [0.15, 0.2) is 11.0 Å². The molecule has 0 amide bonds. The van der Waals surface area contributed by atoms with E-state index in [1.54, 1.807) is 14.2 Å². The van der Waals surface area contributed by atoms with E-state index in [1.807, 2.05) is 6.92 Å². The van der Waals surface area contributed by atoms with E-state index in [0.29, 0.717) is 17.6 Å². The van der Waals surface area contributed by atoms with Crippen LogP contribution < -0.4 is 11.3 Å². The van der Waals surface area contributed by atoms with Gasteiger partial charge in [-0.1, -0.05) is 0 Å². The molecular weight excluding hydrogens is 318 g/mol. The highest BCUT2D eigenvalue weighted by Gasteiger charge is 2.66. The lowest BCUT2D eigenvalue weighted by Crippen LogP contribution is -2.50. The maximum absolute atomic E-state index is 12.0. The number of nitrogens with one attached hydrogen (secondary N) is 1. The molecule has 24 heavy (non-hydrogen) atoms. The van der Waals surface area contributed by atoms with Gasteiger partial charge < -0.3 is 24.7 Å². The topological polar surface area (TPSA) is 127 Å². The molecule has 0 spiro atoms. The molecule has 2 aliphatic rings. The molecule has 2 bridgehead atoms. The van der Waals surface area contributed by atoms with Gasteiger partial charge in [0.15, 0.2) is 11.9 Å². The fourth-order valence-electron chi connectivity index (χ4n) is 3.72. The van der Waals surface area contributed by atoms with Crippen LogP contribution in [-0.4, -0.2) is 64.5 Å². The van der Waals surface area contributed by atoms with E-state index in [2.05, 4.69) is 15.1 Å². The Kier molecular flexibility index (Phi) is 3.39. The van der Waals surface area contributed by atoms with Gasteiger partial charge >= 0.3 is 0 Å². The molecule has 2 aromatic heterocycles. The lowest BCUT2D eigenvalue weighted by atomic mass is 9.94. The quantitative estimate of drug-likeness (QED) is 0.758. The van der Waals surface area contributed by atoms with Crippen molar-refractivity contribution in [3.63, 3.8) is 0 Å². The number of nitrogen functional groups attached to an aromatic ring is 1. The average molecular weight is 337 g/mol. The van der Waals surface area contributed by atoms with Gasteiger partial charge in [-0.2, -0.15) is 10.1 Å². The molecule has 1 unspecified atom stereocenters. The monoisotopic (exact) mass is 337 g/mol. The minimum absolute atomic E-state index is 0.0154. The van der Waals surface area contributed by atoms with E-state index in [1.165, 1.54) is 10.9 Å². The standard InChI is InChI=1S/C14H19N5O5/c1-6-14(5-21-2)9(22-3)8(23-6)12(24-14)19-10-7(4-16-19)11(20)18-13(15)17-10/h4,6,8-9,12H,5H2,1-3H3,(H3,15,17,18,20)/t6-,8-,9?,12+,14+/m0/s1. The largest absolute Gasteiger partial charge is 0.381 e. The molecular formula is C14H19N5O5. The van der Waals surface area contributed by atoms with E-state index < -0.39 is 17.9 Å². The molecule has 5 atom stereocenters. The second kappa shape index (κ2) is 5.24. The fraction of sp³-hybridized carbons (Fsp3) is 0.643. The summed E-state index contributed by atoms with van der Waals surface area (Å²) in [6, 6.07) is 0. The number of aromatic amines is 1. The van der Waals surface area contributed by atoms with Crippen LogP contribution in [0.25, 0.3) is 11.0 Å². The number of H-pyrrole nitrogens is 1. The van der Waals surface area contributed by atoms with Crippen LogP contribution in [0.4, 0.5) is 5.95 Å². The minimum Gasteiger partial charge on any atom is -0.381 e. The fourth-order valence-corrected chi connectivity index (χ4v) is 3.72. The van der Waals surface area contributed by atoms with E-state index in [9.17, 15) is 4.79 Å². The van der Waals surface area contributed by atoms with E-state index in [-0.39, 0.29) is 23.7 Å². The highest BCUT2D eigenvalue weighted by molar-refractivity contribution is 5.74. The van der Waals surface area contributed by atoms with Gasteiger partial charge in [0.25, 0.3) is 5.56 Å². The molecule has 10 heteroatoms. The van der Waals surface area contributed by atoms with Crippen molar-refractivity contribution in [2.75, 3.05) is 26.6 Å². The SMILES string of the molecule is COC[C@@]12O[C@@H](n3ncc4c(=O)[nH]c(N)nc43)[C@@H](O[C@H]1C)C2OC. The number of hydrogen-bond acceptors (Lipinski definition) is 8. The number of anilines is 1. The predicted molar refractivity (Wildman–Crippen MR) is 82.4 cm³/mol. The van der Waals surface area contributed by atoms with Crippen LogP contribution in [0, 0.1) is 0 Å². The van der Waals surface area contributed by atoms with Crippen LogP contribution in [-0.2, 0) is 18.9 Å². The Hall–Kier alpha value is -2.01. The number of aromatic nitrogens is 4. The lowest BCUT2D eigenvalue weighted by molar-refractivity contribution is -0.222. The molecule has 0 radical (unpaired) electrons. The average Bonchev–Trinajstić information content (AvgIpc) is 3.14. The number of rotatable bonds is 4. The van der Waals surface area contributed by atoms with Gasteiger partial charge in [0.2, 0.25) is 5.95 Å². The maximum Gasteiger partial charge on any atom is 0.263 e. The van der Waals surface area contributed by atoms with E-state index >= 15 is 0 Å². The van der Waals surface area contributed by atoms with Crippen molar-refractivity contribution in [2.45, 2.75) is 37.1 Å². The molecule has 3 N–H and O–H groups in total. The highest BCUT2D eigenvalue weighted by Crippen LogP contribution is 2.50. The van der Waals surface area contributed by atoms with Crippen molar-refractivity contribution in [2.24, 2.45) is 0 Å². The number of hydrogen-bond donors (Lipinski definition) is 2. The third-order valence-electron chi connectivity index (χ3n) is 4.80. The summed E-state index contributed by atoms with van der Waals surface area (Å²) in [6.45, 7) is 2.23. The first-order valence-electron chi connectivity index (χ1n) is 7.60. The summed E-state index contributed by atoms with van der Waals surface area (Å²) in [5, 5.41) is 4.59. The van der Waals surface area contributed by atoms with Gasteiger partial charge in [0.05, 0.1) is 18.9 Å². The molecule has 0 saturated carbocycles. The highest BCUT2D eigenvalue weighted by atomic mass is 16.7. The molecule has 10 nitrogen and oxygen atoms in total. The summed E-state index contributed by atoms with van der Waals surface area (Å²) in [7, 11) is 3.21. The Balaban J connectivity index is 1.81. The molecule has 2 fully saturated rings. The Morgan fingerprint density at radius 1 is 1.50 bits per heavy atom. The summed E-state index contributed by atoms with van der Waals surface area (Å²) >= 11 is 0. The first-order chi connectivity index (χ1) is 11.5. The zero-order valence-corrected chi connectivity index (χ0v) is 13.6. The van der Waals surface area contributed by atoms with Gasteiger partial charge in [-0.3, -0.25) is 9.78 Å². The number of nitrogens with two attached hydrogens (primary N) is 1. The van der Waals surface area contributed by atoms with Gasteiger partial charge in [-0.05, 0) is 6.92 Å². The molecule has 0 aromatic carbocycles. The Labute approximate surface area is 136 Å². The van der Waals surface area contributed by atoms with Crippen molar-refractivity contribution in [3.05, 3.63) is 16.6 Å². The second-order valence-electron chi connectivity index (χ2n) is 6.07. The summed E-state index contributed by atoms with van der Waals surface area (Å²) in [5.41, 5.74) is 4.90. The summed E-state index contributed by atoms with van der Waals surface area (Å²) < 4.78 is 24.8. The first kappa shape index (κ1) is 15.5. The molecule has 2 aromatic rings. The summed E-state index contributed by atoms with van der Waals surface area (Å²) in [5.74, 6) is 0.0154. The second-order valence-corrected chi connectivity index (χ2v) is 6.07. The molecule has 4 rings (SSSR count). The minimum atomic E-state index is -0.746. The van der Waals surface area contributed by atoms with Crippen LogP contribution in [0.2, 0.25) is 0 Å². The number of ether oxygens (including phenoxy) is 4. The molecule has 4 heterocycles. The first-order valence-corrected chi connectivity index (χ1v) is 7.60. The molecule has 2 saturated heterocycles. The van der Waals surface area contributed by atoms with Crippen LogP contribution in [0.5, 0.6) is 0 Å². The third-order valence-corrected chi connectivity index (χ3v) is 4.80. The van der Waals surface area contributed by atoms with Crippen LogP contribution in [0.1, 0.15) is 13.2 Å². The predicted octanol–water partition coefficient (Wildman–Crippen LogP) is -0.582. The van der Waals surface area contributed by atoms with Crippen LogP contribution >= 0.6 is 0 Å². The van der Waals surface area contributed by atoms with E-state index in [4.69, 9.17) is 24.7 Å². The van der Waals surface area contributed by atoms with Gasteiger partial charge in [-0.25, -0.2) is 4.68 Å². The third kappa shape index (κ3) is 1.88. The van der Waals surface area contributed by atoms with Gasteiger partial charge in [0.1, 0.15) is 23.2 Å². The van der Waals surface area contributed by atoms with Crippen molar-refractivity contribution in [1.82, 2.24) is 19.7 Å². The number of nitrogens with zero attached hydrogens (tertiary/aromatic N) is 3. The number of methoxy groups -OCH3 is 2. The zero-order chi connectivity index (χ0) is 17.1. The molecule has 0 aliphatic carbocycles. The molecule has 130 valence electrons. The van der Waals surface area contributed by atoms with Crippen LogP contribution in [0.3, 0.4) is 0 Å². The van der Waals surface area contributed by atoms with Gasteiger partial charge in [0, 0.05) is 14.2 Å². The van der Waals surface area contributed by atoms with E-state index in [0.717, 1.165) is 0 Å². The summed E-state index contributed by atoms with van der Waals surface area (Å²) in [6.07, 6.45) is -0.0782. The molecule has 2 aliphatic heterocycles. The Morgan fingerprint density at radius 3 is 3.00 bits per heavy atom. The Bertz CT molecular complexity index is 835. The number of fused-ring (bicyclic) bond motifs is 3. The summed E-state index contributed by atoms with van der Waals surface area (Å²) in [4.78, 5) is 18.6. The maximum atomic E-state index is 12.0. The lowest BCUT2D eigenvalue weighted by Gasteiger charge is -2.35. The van der Waals surface area contributed by atoms with Crippen molar-refractivity contribution < 1.29 is 18.9 Å². The Morgan fingerprint density at radius 2 is 2.29 bits per heavy atom. The van der Waals surface area contributed by atoms with Crippen molar-refractivity contribution in [1.29, 1.82) is 0 Å². The normalized spacial score (nSPS) is 35.1. The van der Waals surface area contributed by atoms with Crippen molar-refractivity contribution >= 4 is 17.0 Å².